The fraction of sp³-hybridized carbons (Fsp3) is 0.300. The van der Waals surface area contributed by atoms with Crippen LogP contribution in [0.2, 0.25) is 0 Å². The number of hydrazine groups is 1. The number of aromatic nitrogens is 2. The number of halogens is 3. The van der Waals surface area contributed by atoms with Crippen molar-refractivity contribution in [3.05, 3.63) is 24.4 Å². The molecular weight excluding hydrogens is 311 g/mol. The van der Waals surface area contributed by atoms with E-state index in [9.17, 15) is 21.6 Å². The van der Waals surface area contributed by atoms with Crippen molar-refractivity contribution in [1.29, 1.82) is 0 Å². The standard InChI is InChI=1S/C10H12F3N5O2S/c11-10(12,13)4-5-15-21(19,20)9-8(17-14)16-7-3-1-2-6-18(7)9/h1-3,6,15,17H,4-5,14H2. The first-order chi connectivity index (χ1) is 9.74. The van der Waals surface area contributed by atoms with Crippen LogP contribution < -0.4 is 16.0 Å². The van der Waals surface area contributed by atoms with Gasteiger partial charge in [-0.3, -0.25) is 4.40 Å². The van der Waals surface area contributed by atoms with E-state index in [1.807, 2.05) is 4.72 Å². The number of imidazole rings is 1. The van der Waals surface area contributed by atoms with Crippen LogP contribution in [0.5, 0.6) is 0 Å². The van der Waals surface area contributed by atoms with E-state index in [0.29, 0.717) is 5.65 Å². The number of nitrogens with one attached hydrogen (secondary N) is 2. The average Bonchev–Trinajstić information content (AvgIpc) is 2.75. The van der Waals surface area contributed by atoms with Gasteiger partial charge >= 0.3 is 6.18 Å². The fourth-order valence-corrected chi connectivity index (χ4v) is 3.00. The summed E-state index contributed by atoms with van der Waals surface area (Å²) in [5, 5.41) is -0.345. The van der Waals surface area contributed by atoms with Gasteiger partial charge < -0.3 is 5.43 Å². The van der Waals surface area contributed by atoms with E-state index in [0.717, 1.165) is 0 Å². The molecule has 0 aromatic carbocycles. The first kappa shape index (κ1) is 15.5. The Bertz CT molecular complexity index is 741. The molecule has 0 atom stereocenters. The van der Waals surface area contributed by atoms with Gasteiger partial charge in [0, 0.05) is 12.7 Å². The quantitative estimate of drug-likeness (QED) is 0.559. The second-order valence-corrected chi connectivity index (χ2v) is 5.78. The average molecular weight is 323 g/mol. The molecular formula is C10H12F3N5O2S. The van der Waals surface area contributed by atoms with Crippen LogP contribution >= 0.6 is 0 Å². The Morgan fingerprint density at radius 1 is 1.33 bits per heavy atom. The Labute approximate surface area is 118 Å². The molecule has 2 rings (SSSR count). The van der Waals surface area contributed by atoms with Gasteiger partial charge in [-0.25, -0.2) is 24.0 Å². The molecule has 2 aromatic heterocycles. The molecule has 0 saturated heterocycles. The predicted molar refractivity (Wildman–Crippen MR) is 68.9 cm³/mol. The van der Waals surface area contributed by atoms with Crippen LogP contribution in [0.4, 0.5) is 19.0 Å². The van der Waals surface area contributed by atoms with Crippen molar-refractivity contribution < 1.29 is 21.6 Å². The van der Waals surface area contributed by atoms with Crippen LogP contribution in [-0.4, -0.2) is 30.5 Å². The monoisotopic (exact) mass is 323 g/mol. The minimum absolute atomic E-state index is 0.152. The topological polar surface area (TPSA) is 102 Å². The molecule has 7 nitrogen and oxygen atoms in total. The second kappa shape index (κ2) is 5.50. The summed E-state index contributed by atoms with van der Waals surface area (Å²) in [5.74, 6) is 5.06. The molecule has 0 unspecified atom stereocenters. The summed E-state index contributed by atoms with van der Waals surface area (Å²) in [6.07, 6.45) is -4.30. The lowest BCUT2D eigenvalue weighted by molar-refractivity contribution is -0.132. The second-order valence-electron chi connectivity index (χ2n) is 4.10. The number of pyridine rings is 1. The maximum absolute atomic E-state index is 12.1. The maximum Gasteiger partial charge on any atom is 0.390 e. The number of hydrogen-bond acceptors (Lipinski definition) is 5. The summed E-state index contributed by atoms with van der Waals surface area (Å²) in [5.41, 5.74) is 2.42. The Hall–Kier alpha value is -1.85. The predicted octanol–water partition coefficient (Wildman–Crippen LogP) is 0.851. The van der Waals surface area contributed by atoms with Gasteiger partial charge in [-0.2, -0.15) is 13.2 Å². The molecule has 2 aromatic rings. The molecule has 116 valence electrons. The van der Waals surface area contributed by atoms with Crippen molar-refractivity contribution in [2.24, 2.45) is 5.84 Å². The first-order valence-corrected chi connectivity index (χ1v) is 7.23. The van der Waals surface area contributed by atoms with E-state index in [2.05, 4.69) is 10.4 Å². The van der Waals surface area contributed by atoms with Crippen LogP contribution in [0.25, 0.3) is 5.65 Å². The van der Waals surface area contributed by atoms with E-state index in [1.54, 1.807) is 12.1 Å². The van der Waals surface area contributed by atoms with Crippen molar-refractivity contribution in [2.75, 3.05) is 12.0 Å². The van der Waals surface area contributed by atoms with Gasteiger partial charge in [0.1, 0.15) is 5.65 Å². The van der Waals surface area contributed by atoms with Crippen molar-refractivity contribution in [3.63, 3.8) is 0 Å². The number of sulfonamides is 1. The van der Waals surface area contributed by atoms with E-state index >= 15 is 0 Å². The summed E-state index contributed by atoms with van der Waals surface area (Å²) in [6, 6.07) is 4.73. The molecule has 11 heteroatoms. The highest BCUT2D eigenvalue weighted by Gasteiger charge is 2.29. The highest BCUT2D eigenvalue weighted by Crippen LogP contribution is 2.23. The molecule has 0 aliphatic heterocycles. The van der Waals surface area contributed by atoms with Crippen LogP contribution in [0.3, 0.4) is 0 Å². The van der Waals surface area contributed by atoms with Gasteiger partial charge in [0.2, 0.25) is 0 Å². The van der Waals surface area contributed by atoms with E-state index in [-0.39, 0.29) is 10.8 Å². The summed E-state index contributed by atoms with van der Waals surface area (Å²) >= 11 is 0. The van der Waals surface area contributed by atoms with E-state index in [1.165, 1.54) is 16.7 Å². The Kier molecular flexibility index (Phi) is 4.07. The van der Waals surface area contributed by atoms with Crippen molar-refractivity contribution in [1.82, 2.24) is 14.1 Å². The Balaban J connectivity index is 2.35. The molecule has 0 aliphatic rings. The number of fused-ring (bicyclic) bond motifs is 1. The largest absolute Gasteiger partial charge is 0.390 e. The van der Waals surface area contributed by atoms with Crippen LogP contribution in [0, 0.1) is 0 Å². The molecule has 2 heterocycles. The van der Waals surface area contributed by atoms with E-state index in [4.69, 9.17) is 5.84 Å². The molecule has 0 bridgehead atoms. The molecule has 0 fully saturated rings. The molecule has 4 N–H and O–H groups in total. The van der Waals surface area contributed by atoms with Gasteiger partial charge in [-0.15, -0.1) is 0 Å². The van der Waals surface area contributed by atoms with Gasteiger partial charge in [0.05, 0.1) is 6.42 Å². The summed E-state index contributed by atoms with van der Waals surface area (Å²) < 4.78 is 63.6. The third kappa shape index (κ3) is 3.43. The number of nitrogens with two attached hydrogens (primary N) is 1. The molecule has 0 aliphatic carbocycles. The number of nitrogens with zero attached hydrogens (tertiary/aromatic N) is 2. The fourth-order valence-electron chi connectivity index (χ4n) is 1.72. The molecule has 0 spiro atoms. The first-order valence-electron chi connectivity index (χ1n) is 5.75. The maximum atomic E-state index is 12.1. The molecule has 0 saturated carbocycles. The number of nitrogen functional groups attached to an aromatic ring is 1. The molecule has 0 radical (unpaired) electrons. The van der Waals surface area contributed by atoms with Gasteiger partial charge in [-0.05, 0) is 12.1 Å². The zero-order chi connectivity index (χ0) is 15.7. The lowest BCUT2D eigenvalue weighted by Gasteiger charge is -2.09. The van der Waals surface area contributed by atoms with Crippen LogP contribution in [0.1, 0.15) is 6.42 Å². The van der Waals surface area contributed by atoms with Gasteiger partial charge in [0.15, 0.2) is 10.8 Å². The number of hydrogen-bond donors (Lipinski definition) is 3. The van der Waals surface area contributed by atoms with E-state index < -0.39 is 29.2 Å². The lowest BCUT2D eigenvalue weighted by atomic mass is 10.4. The number of rotatable bonds is 5. The van der Waals surface area contributed by atoms with Gasteiger partial charge in [0.25, 0.3) is 10.0 Å². The normalized spacial score (nSPS) is 12.8. The lowest BCUT2D eigenvalue weighted by Crippen LogP contribution is -2.29. The SMILES string of the molecule is NNc1nc2ccccn2c1S(=O)(=O)NCCC(F)(F)F. The Morgan fingerprint density at radius 3 is 2.67 bits per heavy atom. The zero-order valence-corrected chi connectivity index (χ0v) is 11.4. The molecule has 21 heavy (non-hydrogen) atoms. The Morgan fingerprint density at radius 2 is 2.05 bits per heavy atom. The highest BCUT2D eigenvalue weighted by atomic mass is 32.2. The van der Waals surface area contributed by atoms with Gasteiger partial charge in [-0.1, -0.05) is 6.07 Å². The number of alkyl halides is 3. The third-order valence-electron chi connectivity index (χ3n) is 2.58. The summed E-state index contributed by atoms with van der Waals surface area (Å²) in [4.78, 5) is 3.94. The highest BCUT2D eigenvalue weighted by molar-refractivity contribution is 7.89. The summed E-state index contributed by atoms with van der Waals surface area (Å²) in [7, 11) is -4.20. The smallest absolute Gasteiger partial charge is 0.306 e. The van der Waals surface area contributed by atoms with Crippen molar-refractivity contribution in [3.8, 4) is 0 Å². The van der Waals surface area contributed by atoms with Crippen molar-refractivity contribution >= 4 is 21.5 Å². The third-order valence-corrected chi connectivity index (χ3v) is 4.06. The zero-order valence-electron chi connectivity index (χ0n) is 10.6. The number of anilines is 1. The van der Waals surface area contributed by atoms with Crippen molar-refractivity contribution in [2.45, 2.75) is 17.6 Å². The minimum atomic E-state index is -4.45. The van der Waals surface area contributed by atoms with Crippen LogP contribution in [0.15, 0.2) is 29.4 Å². The minimum Gasteiger partial charge on any atom is -0.306 e. The van der Waals surface area contributed by atoms with Crippen LogP contribution in [-0.2, 0) is 10.0 Å². The summed E-state index contributed by atoms with van der Waals surface area (Å²) in [6.45, 7) is -0.768. The molecule has 0 amide bonds.